The SMILES string of the molecule is CCOCC1CCS(=O)(=O)N1C. The number of hydrogen-bond donors (Lipinski definition) is 0. The predicted octanol–water partition coefficient (Wildman–Crippen LogP) is 0.0568. The van der Waals surface area contributed by atoms with Crippen LogP contribution in [0, 0.1) is 0 Å². The quantitative estimate of drug-likeness (QED) is 0.636. The van der Waals surface area contributed by atoms with Crippen molar-refractivity contribution in [1.29, 1.82) is 0 Å². The minimum Gasteiger partial charge on any atom is -0.380 e. The molecular formula is C7H15NO3S. The number of nitrogens with zero attached hydrogens (tertiary/aromatic N) is 1. The van der Waals surface area contributed by atoms with Crippen LogP contribution in [0.3, 0.4) is 0 Å². The molecule has 1 aliphatic rings. The largest absolute Gasteiger partial charge is 0.380 e. The van der Waals surface area contributed by atoms with Gasteiger partial charge in [-0.25, -0.2) is 8.42 Å². The third-order valence-electron chi connectivity index (χ3n) is 2.18. The van der Waals surface area contributed by atoms with Gasteiger partial charge in [0.05, 0.1) is 12.4 Å². The topological polar surface area (TPSA) is 46.6 Å². The Labute approximate surface area is 73.6 Å². The lowest BCUT2D eigenvalue weighted by Crippen LogP contribution is -2.32. The Balaban J connectivity index is 2.50. The fraction of sp³-hybridized carbons (Fsp3) is 1.00. The van der Waals surface area contributed by atoms with Crippen LogP contribution in [0.5, 0.6) is 0 Å². The molecule has 0 aliphatic carbocycles. The standard InChI is InChI=1S/C7H15NO3S/c1-3-11-6-7-4-5-12(9,10)8(7)2/h7H,3-6H2,1-2H3. The zero-order valence-electron chi connectivity index (χ0n) is 7.49. The molecule has 1 heterocycles. The second-order valence-corrected chi connectivity index (χ2v) is 5.08. The zero-order chi connectivity index (χ0) is 9.19. The van der Waals surface area contributed by atoms with Crippen LogP contribution in [-0.4, -0.2) is 44.8 Å². The maximum absolute atomic E-state index is 11.2. The second-order valence-electron chi connectivity index (χ2n) is 2.93. The normalized spacial score (nSPS) is 29.3. The number of rotatable bonds is 3. The van der Waals surface area contributed by atoms with E-state index >= 15 is 0 Å². The van der Waals surface area contributed by atoms with E-state index in [2.05, 4.69) is 0 Å². The highest BCUT2D eigenvalue weighted by molar-refractivity contribution is 7.89. The highest BCUT2D eigenvalue weighted by Gasteiger charge is 2.33. The lowest BCUT2D eigenvalue weighted by molar-refractivity contribution is 0.108. The first-order valence-electron chi connectivity index (χ1n) is 4.11. The Bertz CT molecular complexity index is 237. The molecule has 0 aromatic carbocycles. The molecule has 1 atom stereocenters. The molecule has 4 nitrogen and oxygen atoms in total. The Morgan fingerprint density at radius 3 is 2.67 bits per heavy atom. The average molecular weight is 193 g/mol. The summed E-state index contributed by atoms with van der Waals surface area (Å²) in [5.41, 5.74) is 0. The van der Waals surface area contributed by atoms with Crippen molar-refractivity contribution in [3.05, 3.63) is 0 Å². The maximum Gasteiger partial charge on any atom is 0.214 e. The lowest BCUT2D eigenvalue weighted by Gasteiger charge is -2.17. The highest BCUT2D eigenvalue weighted by atomic mass is 32.2. The van der Waals surface area contributed by atoms with Gasteiger partial charge < -0.3 is 4.74 Å². The van der Waals surface area contributed by atoms with Gasteiger partial charge in [-0.3, -0.25) is 0 Å². The van der Waals surface area contributed by atoms with Crippen LogP contribution in [-0.2, 0) is 14.8 Å². The van der Waals surface area contributed by atoms with Crippen molar-refractivity contribution in [3.63, 3.8) is 0 Å². The van der Waals surface area contributed by atoms with Crippen LogP contribution in [0.25, 0.3) is 0 Å². The van der Waals surface area contributed by atoms with Crippen LogP contribution in [0.4, 0.5) is 0 Å². The Hall–Kier alpha value is -0.130. The van der Waals surface area contributed by atoms with E-state index in [1.54, 1.807) is 7.05 Å². The van der Waals surface area contributed by atoms with Gasteiger partial charge in [-0.05, 0) is 13.3 Å². The molecule has 5 heteroatoms. The molecule has 0 N–H and O–H groups in total. The summed E-state index contributed by atoms with van der Waals surface area (Å²) in [7, 11) is -1.33. The van der Waals surface area contributed by atoms with E-state index in [1.165, 1.54) is 4.31 Å². The summed E-state index contributed by atoms with van der Waals surface area (Å²) in [5.74, 6) is 0.265. The monoisotopic (exact) mass is 193 g/mol. The first-order chi connectivity index (χ1) is 5.58. The van der Waals surface area contributed by atoms with Crippen molar-refractivity contribution in [2.24, 2.45) is 0 Å². The molecule has 72 valence electrons. The Morgan fingerprint density at radius 2 is 2.25 bits per heavy atom. The molecular weight excluding hydrogens is 178 g/mol. The third-order valence-corrected chi connectivity index (χ3v) is 4.10. The molecule has 0 aromatic heterocycles. The van der Waals surface area contributed by atoms with Gasteiger partial charge in [-0.2, -0.15) is 4.31 Å². The molecule has 1 rings (SSSR count). The van der Waals surface area contributed by atoms with Gasteiger partial charge in [0, 0.05) is 19.7 Å². The summed E-state index contributed by atoms with van der Waals surface area (Å²) < 4.78 is 29.0. The molecule has 0 aromatic rings. The second kappa shape index (κ2) is 3.72. The van der Waals surface area contributed by atoms with Crippen molar-refractivity contribution in [2.45, 2.75) is 19.4 Å². The van der Waals surface area contributed by atoms with Gasteiger partial charge in [0.1, 0.15) is 0 Å². The van der Waals surface area contributed by atoms with E-state index in [4.69, 9.17) is 4.74 Å². The number of hydrogen-bond acceptors (Lipinski definition) is 3. The van der Waals surface area contributed by atoms with Gasteiger partial charge in [-0.15, -0.1) is 0 Å². The van der Waals surface area contributed by atoms with E-state index in [9.17, 15) is 8.42 Å². The number of ether oxygens (including phenoxy) is 1. The molecule has 0 amide bonds. The highest BCUT2D eigenvalue weighted by Crippen LogP contribution is 2.18. The van der Waals surface area contributed by atoms with Crippen molar-refractivity contribution < 1.29 is 13.2 Å². The lowest BCUT2D eigenvalue weighted by atomic mass is 10.2. The molecule has 1 unspecified atom stereocenters. The fourth-order valence-corrected chi connectivity index (χ4v) is 2.76. The molecule has 1 fully saturated rings. The van der Waals surface area contributed by atoms with Crippen molar-refractivity contribution >= 4 is 10.0 Å². The molecule has 1 aliphatic heterocycles. The Morgan fingerprint density at radius 1 is 1.58 bits per heavy atom. The van der Waals surface area contributed by atoms with Crippen molar-refractivity contribution in [1.82, 2.24) is 4.31 Å². The average Bonchev–Trinajstić information content (AvgIpc) is 2.26. The summed E-state index contributed by atoms with van der Waals surface area (Å²) >= 11 is 0. The van der Waals surface area contributed by atoms with Crippen LogP contribution >= 0.6 is 0 Å². The zero-order valence-corrected chi connectivity index (χ0v) is 8.30. The molecule has 1 saturated heterocycles. The number of likely N-dealkylation sites (N-methyl/N-ethyl adjacent to an activating group) is 1. The summed E-state index contributed by atoms with van der Waals surface area (Å²) in [4.78, 5) is 0. The minimum absolute atomic E-state index is 0.0509. The van der Waals surface area contributed by atoms with Crippen LogP contribution in [0.2, 0.25) is 0 Å². The predicted molar refractivity (Wildman–Crippen MR) is 46.4 cm³/mol. The summed E-state index contributed by atoms with van der Waals surface area (Å²) in [6.07, 6.45) is 0.693. The van der Waals surface area contributed by atoms with Gasteiger partial charge >= 0.3 is 0 Å². The first-order valence-corrected chi connectivity index (χ1v) is 5.72. The first kappa shape index (κ1) is 9.95. The van der Waals surface area contributed by atoms with Gasteiger partial charge in [0.25, 0.3) is 0 Å². The molecule has 12 heavy (non-hydrogen) atoms. The van der Waals surface area contributed by atoms with Gasteiger partial charge in [0.2, 0.25) is 10.0 Å². The van der Waals surface area contributed by atoms with Crippen LogP contribution < -0.4 is 0 Å². The number of sulfonamides is 1. The smallest absolute Gasteiger partial charge is 0.214 e. The van der Waals surface area contributed by atoms with E-state index in [-0.39, 0.29) is 11.8 Å². The molecule has 0 saturated carbocycles. The summed E-state index contributed by atoms with van der Waals surface area (Å²) in [6.45, 7) is 3.07. The Kier molecular flexibility index (Phi) is 3.09. The van der Waals surface area contributed by atoms with Crippen LogP contribution in [0.1, 0.15) is 13.3 Å². The third kappa shape index (κ3) is 1.97. The van der Waals surface area contributed by atoms with Crippen molar-refractivity contribution in [2.75, 3.05) is 26.0 Å². The summed E-state index contributed by atoms with van der Waals surface area (Å²) in [5, 5.41) is 0. The van der Waals surface area contributed by atoms with Gasteiger partial charge in [0.15, 0.2) is 0 Å². The van der Waals surface area contributed by atoms with Crippen molar-refractivity contribution in [3.8, 4) is 0 Å². The minimum atomic E-state index is -2.95. The summed E-state index contributed by atoms with van der Waals surface area (Å²) in [6, 6.07) is 0.0509. The fourth-order valence-electron chi connectivity index (χ4n) is 1.28. The van der Waals surface area contributed by atoms with E-state index < -0.39 is 10.0 Å². The molecule has 0 spiro atoms. The van der Waals surface area contributed by atoms with Crippen LogP contribution in [0.15, 0.2) is 0 Å². The van der Waals surface area contributed by atoms with E-state index in [0.717, 1.165) is 0 Å². The molecule has 0 bridgehead atoms. The van der Waals surface area contributed by atoms with E-state index in [0.29, 0.717) is 19.6 Å². The van der Waals surface area contributed by atoms with E-state index in [1.807, 2.05) is 6.92 Å². The van der Waals surface area contributed by atoms with Gasteiger partial charge in [-0.1, -0.05) is 0 Å². The maximum atomic E-state index is 11.2. The molecule has 0 radical (unpaired) electrons.